The third kappa shape index (κ3) is 17.1. The molecule has 5 heteroatoms. The van der Waals surface area contributed by atoms with Gasteiger partial charge in [0.2, 0.25) is 0 Å². The monoisotopic (exact) mass is 850 g/mol. The zero-order valence-corrected chi connectivity index (χ0v) is 41.1. The fourth-order valence-electron chi connectivity index (χ4n) is 13.1. The van der Waals surface area contributed by atoms with Crippen LogP contribution in [-0.4, -0.2) is 75.9 Å². The average molecular weight is 850 g/mol. The number of allylic oxidation sites excluding steroid dienone is 5. The van der Waals surface area contributed by atoms with Crippen molar-refractivity contribution in [3.05, 3.63) is 36.0 Å². The van der Waals surface area contributed by atoms with Crippen LogP contribution in [0.15, 0.2) is 36.0 Å². The van der Waals surface area contributed by atoms with Crippen molar-refractivity contribution in [2.45, 2.75) is 220 Å². The van der Waals surface area contributed by atoms with Gasteiger partial charge in [-0.1, -0.05) is 128 Å². The van der Waals surface area contributed by atoms with E-state index in [0.29, 0.717) is 50.6 Å². The van der Waals surface area contributed by atoms with Crippen molar-refractivity contribution < 1.29 is 18.9 Å². The Balaban J connectivity index is 0.897. The second-order valence-corrected chi connectivity index (χ2v) is 21.6. The van der Waals surface area contributed by atoms with Crippen LogP contribution in [0.3, 0.4) is 0 Å². The lowest BCUT2D eigenvalue weighted by Gasteiger charge is -2.54. The maximum atomic E-state index is 6.48. The summed E-state index contributed by atoms with van der Waals surface area (Å²) in [5, 5.41) is 0. The predicted octanol–water partition coefficient (Wildman–Crippen LogP) is 14.7. The van der Waals surface area contributed by atoms with Gasteiger partial charge in [0.25, 0.3) is 0 Å². The van der Waals surface area contributed by atoms with Crippen LogP contribution in [0.2, 0.25) is 0 Å². The van der Waals surface area contributed by atoms with Crippen LogP contribution in [0.1, 0.15) is 202 Å². The van der Waals surface area contributed by atoms with Gasteiger partial charge in [-0.2, -0.15) is 0 Å². The zero-order valence-electron chi connectivity index (χ0n) is 41.1. The third-order valence-electron chi connectivity index (χ3n) is 16.7. The fraction of sp³-hybridized carbons (Fsp3) is 0.893. The maximum Gasteiger partial charge on any atom is 0.0936 e. The molecule has 0 aromatic rings. The molecule has 10 atom stereocenters. The molecule has 352 valence electrons. The molecule has 1 aliphatic heterocycles. The molecule has 0 amide bonds. The Morgan fingerprint density at radius 2 is 1.52 bits per heavy atom. The fourth-order valence-corrected chi connectivity index (χ4v) is 13.1. The van der Waals surface area contributed by atoms with Crippen molar-refractivity contribution in [3.63, 3.8) is 0 Å². The summed E-state index contributed by atoms with van der Waals surface area (Å²) in [6, 6.07) is 0.643. The maximum absolute atomic E-state index is 6.48. The van der Waals surface area contributed by atoms with E-state index in [9.17, 15) is 0 Å². The van der Waals surface area contributed by atoms with Crippen LogP contribution in [0.4, 0.5) is 0 Å². The lowest BCUT2D eigenvalue weighted by Crippen LogP contribution is -2.47. The first-order valence-corrected chi connectivity index (χ1v) is 26.9. The first-order chi connectivity index (χ1) is 29.8. The molecule has 4 aliphatic carbocycles. The van der Waals surface area contributed by atoms with Crippen LogP contribution >= 0.6 is 0 Å². The van der Waals surface area contributed by atoms with Gasteiger partial charge in [-0.05, 0) is 163 Å². The highest BCUT2D eigenvalue weighted by Gasteiger charge is 2.56. The van der Waals surface area contributed by atoms with Gasteiger partial charge in [-0.25, -0.2) is 0 Å². The van der Waals surface area contributed by atoms with Crippen molar-refractivity contribution in [1.82, 2.24) is 4.90 Å². The Labute approximate surface area is 378 Å². The zero-order chi connectivity index (χ0) is 43.1. The van der Waals surface area contributed by atoms with Gasteiger partial charge in [0.1, 0.15) is 0 Å². The Bertz CT molecular complexity index is 1240. The minimum Gasteiger partial charge on any atom is -0.379 e. The molecule has 0 aromatic heterocycles. The molecule has 61 heavy (non-hydrogen) atoms. The minimum absolute atomic E-state index is 0.111. The molecule has 3 saturated carbocycles. The molecule has 0 bridgehead atoms. The molecule has 0 aromatic carbocycles. The number of ether oxygens (including phenoxy) is 4. The molecule has 0 radical (unpaired) electrons. The highest BCUT2D eigenvalue weighted by molar-refractivity contribution is 5.20. The number of hydrogen-bond acceptors (Lipinski definition) is 5. The summed E-state index contributed by atoms with van der Waals surface area (Å²) in [5.41, 5.74) is 2.33. The van der Waals surface area contributed by atoms with Crippen LogP contribution in [0.25, 0.3) is 0 Å². The molecule has 5 nitrogen and oxygen atoms in total. The molecule has 3 unspecified atom stereocenters. The van der Waals surface area contributed by atoms with E-state index in [2.05, 4.69) is 76.8 Å². The summed E-state index contributed by atoms with van der Waals surface area (Å²) < 4.78 is 25.2. The number of hydrogen-bond donors (Lipinski definition) is 0. The van der Waals surface area contributed by atoms with Crippen LogP contribution < -0.4 is 0 Å². The summed E-state index contributed by atoms with van der Waals surface area (Å²) in [6.07, 6.45) is 45.7. The highest BCUT2D eigenvalue weighted by atomic mass is 16.6. The molecule has 1 saturated heterocycles. The van der Waals surface area contributed by atoms with Gasteiger partial charge < -0.3 is 18.9 Å². The summed E-state index contributed by atoms with van der Waals surface area (Å²) >= 11 is 0. The Kier molecular flexibility index (Phi) is 24.1. The molecular weight excluding hydrogens is 751 g/mol. The smallest absolute Gasteiger partial charge is 0.0936 e. The topological polar surface area (TPSA) is 40.2 Å². The van der Waals surface area contributed by atoms with E-state index in [0.717, 1.165) is 73.8 Å². The molecular formula is C56H99NO4. The van der Waals surface area contributed by atoms with Gasteiger partial charge >= 0.3 is 0 Å². The molecule has 0 spiro atoms. The predicted molar refractivity (Wildman–Crippen MR) is 259 cm³/mol. The van der Waals surface area contributed by atoms with E-state index in [-0.39, 0.29) is 6.10 Å². The highest BCUT2D eigenvalue weighted by Crippen LogP contribution is 2.65. The van der Waals surface area contributed by atoms with Crippen LogP contribution in [-0.2, 0) is 18.9 Å². The van der Waals surface area contributed by atoms with E-state index in [1.807, 2.05) is 0 Å². The Morgan fingerprint density at radius 1 is 0.754 bits per heavy atom. The summed E-state index contributed by atoms with van der Waals surface area (Å²) in [7, 11) is 0. The number of unbranched alkanes of at least 4 members (excludes halogenated alkanes) is 9. The van der Waals surface area contributed by atoms with Crippen molar-refractivity contribution in [2.24, 2.45) is 46.8 Å². The lowest BCUT2D eigenvalue weighted by atomic mass is 9.51. The van der Waals surface area contributed by atoms with Gasteiger partial charge in [-0.3, -0.25) is 4.90 Å². The van der Waals surface area contributed by atoms with Crippen molar-refractivity contribution in [1.29, 1.82) is 0 Å². The van der Waals surface area contributed by atoms with Gasteiger partial charge in [0.15, 0.2) is 0 Å². The van der Waals surface area contributed by atoms with Gasteiger partial charge in [-0.15, -0.1) is 0 Å². The number of rotatable bonds is 32. The summed E-state index contributed by atoms with van der Waals surface area (Å²) in [4.78, 5) is 2.59. The molecule has 1 heterocycles. The number of likely N-dealkylation sites (tertiary alicyclic amines) is 1. The minimum atomic E-state index is 0.111. The summed E-state index contributed by atoms with van der Waals surface area (Å²) in [5.74, 6) is 6.32. The SMILES string of the molecule is CCCCC/C=C\C/C=C\CCCCCCCCOC[C@@H](CN1CCC[C@@H]1C)OCCOCCO[C@H]1CC[C@H]2C(=CCC3C2CC[C@@]2(C)C3CC[C@@H]2[C@H](C)CCCC(C)C)C1. The number of nitrogens with zero attached hydrogens (tertiary/aromatic N) is 1. The normalized spacial score (nSPS) is 30.3. The molecule has 0 N–H and O–H groups in total. The quantitative estimate of drug-likeness (QED) is 0.0498. The second-order valence-electron chi connectivity index (χ2n) is 21.6. The van der Waals surface area contributed by atoms with E-state index in [1.165, 1.54) is 148 Å². The third-order valence-corrected chi connectivity index (χ3v) is 16.7. The van der Waals surface area contributed by atoms with Gasteiger partial charge in [0.05, 0.1) is 45.2 Å². The summed E-state index contributed by atoms with van der Waals surface area (Å²) in [6.45, 7) is 21.0. The van der Waals surface area contributed by atoms with Gasteiger partial charge in [0, 0.05) is 19.2 Å². The van der Waals surface area contributed by atoms with Crippen molar-refractivity contribution in [3.8, 4) is 0 Å². The van der Waals surface area contributed by atoms with E-state index in [1.54, 1.807) is 5.57 Å². The van der Waals surface area contributed by atoms with Crippen LogP contribution in [0, 0.1) is 46.8 Å². The van der Waals surface area contributed by atoms with E-state index >= 15 is 0 Å². The first-order valence-electron chi connectivity index (χ1n) is 26.9. The first kappa shape index (κ1) is 51.0. The van der Waals surface area contributed by atoms with E-state index < -0.39 is 0 Å². The van der Waals surface area contributed by atoms with Crippen molar-refractivity contribution in [2.75, 3.05) is 52.7 Å². The van der Waals surface area contributed by atoms with Crippen molar-refractivity contribution >= 4 is 0 Å². The average Bonchev–Trinajstić information content (AvgIpc) is 3.83. The van der Waals surface area contributed by atoms with Crippen LogP contribution in [0.5, 0.6) is 0 Å². The lowest BCUT2D eigenvalue weighted by molar-refractivity contribution is -0.0631. The molecule has 4 fully saturated rings. The largest absolute Gasteiger partial charge is 0.379 e. The number of fused-ring (bicyclic) bond motifs is 5. The molecule has 5 aliphatic rings. The Morgan fingerprint density at radius 3 is 2.30 bits per heavy atom. The van der Waals surface area contributed by atoms with E-state index in [4.69, 9.17) is 18.9 Å². The standard InChI is InChI=1S/C56H99NO4/c1-7-8-9-10-11-12-13-14-15-16-17-18-19-20-21-22-37-59-44-50(43-57-36-24-27-47(57)5)61-41-39-58-38-40-60-49-29-31-51-48(42-49)28-30-53-52(51)34-35-56(6)54(32-33-55(53)56)46(4)26-23-25-45(2)3/h11-12,14-15,28,45-47,49-55H,7-10,13,16-27,29-44H2,1-6H3/b12-11-,15-14-/t46-,47+,49+,50-,51+,52?,53?,54-,55?,56-/m1/s1. The Hall–Kier alpha value is -0.980. The second kappa shape index (κ2) is 28.8. The molecule has 5 rings (SSSR count).